The lowest BCUT2D eigenvalue weighted by Gasteiger charge is -2.09. The molecule has 0 amide bonds. The van der Waals surface area contributed by atoms with Crippen LogP contribution in [0, 0.1) is 0 Å². The molecule has 0 spiro atoms. The summed E-state index contributed by atoms with van der Waals surface area (Å²) in [7, 11) is -3.37. The maximum absolute atomic E-state index is 11.8. The van der Waals surface area contributed by atoms with Crippen LogP contribution in [0.2, 0.25) is 5.02 Å². The van der Waals surface area contributed by atoms with Gasteiger partial charge in [0, 0.05) is 23.0 Å². The third-order valence-electron chi connectivity index (χ3n) is 3.27. The van der Waals surface area contributed by atoms with Gasteiger partial charge in [0.1, 0.15) is 0 Å². The van der Waals surface area contributed by atoms with Gasteiger partial charge in [0.25, 0.3) is 0 Å². The topological polar surface area (TPSA) is 58.2 Å². The summed E-state index contributed by atoms with van der Waals surface area (Å²) in [6, 6.07) is 7.45. The molecular weight excluding hydrogens is 296 g/mol. The van der Waals surface area contributed by atoms with E-state index in [9.17, 15) is 8.42 Å². The van der Waals surface area contributed by atoms with Crippen molar-refractivity contribution in [3.63, 3.8) is 0 Å². The third kappa shape index (κ3) is 5.25. The molecule has 1 aromatic carbocycles. The van der Waals surface area contributed by atoms with Gasteiger partial charge in [-0.2, -0.15) is 0 Å². The van der Waals surface area contributed by atoms with Gasteiger partial charge in [0.2, 0.25) is 10.0 Å². The standard InChI is InChI=1S/C14H19ClN2O2S/c15-13-5-3-12(4-6-13)8-11-20(18,19)17-10-7-14-2-1-9-16-14/h3-6,8,11,14,16-17H,1-2,7,9-10H2/b11-8+. The van der Waals surface area contributed by atoms with Gasteiger partial charge >= 0.3 is 0 Å². The fraction of sp³-hybridized carbons (Fsp3) is 0.429. The molecule has 6 heteroatoms. The second-order valence-electron chi connectivity index (χ2n) is 4.88. The van der Waals surface area contributed by atoms with Gasteiger partial charge in [-0.1, -0.05) is 23.7 Å². The summed E-state index contributed by atoms with van der Waals surface area (Å²) in [6.07, 6.45) is 4.69. The molecule has 0 radical (unpaired) electrons. The fourth-order valence-corrected chi connectivity index (χ4v) is 3.13. The first-order valence-corrected chi connectivity index (χ1v) is 8.64. The summed E-state index contributed by atoms with van der Waals surface area (Å²) in [5.41, 5.74) is 0.803. The van der Waals surface area contributed by atoms with Crippen molar-refractivity contribution in [3.05, 3.63) is 40.3 Å². The molecule has 1 aliphatic rings. The first-order chi connectivity index (χ1) is 9.55. The largest absolute Gasteiger partial charge is 0.314 e. The van der Waals surface area contributed by atoms with Crippen molar-refractivity contribution < 1.29 is 8.42 Å². The Hall–Kier alpha value is -0.880. The van der Waals surface area contributed by atoms with Crippen LogP contribution in [0.4, 0.5) is 0 Å². The highest BCUT2D eigenvalue weighted by molar-refractivity contribution is 7.92. The summed E-state index contributed by atoms with van der Waals surface area (Å²) < 4.78 is 26.2. The number of benzene rings is 1. The van der Waals surface area contributed by atoms with E-state index in [1.54, 1.807) is 30.3 Å². The lowest BCUT2D eigenvalue weighted by atomic mass is 10.2. The zero-order valence-electron chi connectivity index (χ0n) is 11.2. The molecular formula is C14H19ClN2O2S. The number of nitrogens with one attached hydrogen (secondary N) is 2. The highest BCUT2D eigenvalue weighted by Crippen LogP contribution is 2.11. The molecule has 1 unspecified atom stereocenters. The van der Waals surface area contributed by atoms with Gasteiger partial charge in [-0.05, 0) is 49.6 Å². The Morgan fingerprint density at radius 2 is 2.10 bits per heavy atom. The number of hydrogen-bond acceptors (Lipinski definition) is 3. The SMILES string of the molecule is O=S(=O)(/C=C/c1ccc(Cl)cc1)NCCC1CCCN1. The van der Waals surface area contributed by atoms with Crippen LogP contribution < -0.4 is 10.0 Å². The maximum atomic E-state index is 11.8. The number of sulfonamides is 1. The molecule has 0 bridgehead atoms. The summed E-state index contributed by atoms with van der Waals surface area (Å²) in [5, 5.41) is 5.17. The van der Waals surface area contributed by atoms with E-state index in [0.717, 1.165) is 24.9 Å². The van der Waals surface area contributed by atoms with Gasteiger partial charge in [0.15, 0.2) is 0 Å². The van der Waals surface area contributed by atoms with Crippen LogP contribution in [0.1, 0.15) is 24.8 Å². The molecule has 110 valence electrons. The molecule has 1 aromatic rings. The predicted molar refractivity (Wildman–Crippen MR) is 83.1 cm³/mol. The monoisotopic (exact) mass is 314 g/mol. The normalized spacial score (nSPS) is 19.8. The van der Waals surface area contributed by atoms with E-state index in [1.165, 1.54) is 11.8 Å². The van der Waals surface area contributed by atoms with E-state index in [2.05, 4.69) is 10.0 Å². The summed E-state index contributed by atoms with van der Waals surface area (Å²) in [6.45, 7) is 1.50. The molecule has 4 nitrogen and oxygen atoms in total. The predicted octanol–water partition coefficient (Wildman–Crippen LogP) is 2.37. The van der Waals surface area contributed by atoms with Crippen molar-refractivity contribution in [2.75, 3.05) is 13.1 Å². The summed E-state index contributed by atoms with van der Waals surface area (Å²) in [4.78, 5) is 0. The first kappa shape index (κ1) is 15.5. The lowest BCUT2D eigenvalue weighted by molar-refractivity contribution is 0.543. The molecule has 1 aliphatic heterocycles. The van der Waals surface area contributed by atoms with Crippen molar-refractivity contribution >= 4 is 27.7 Å². The van der Waals surface area contributed by atoms with E-state index in [0.29, 0.717) is 17.6 Å². The molecule has 0 aromatic heterocycles. The highest BCUT2D eigenvalue weighted by Gasteiger charge is 2.14. The maximum Gasteiger partial charge on any atom is 0.233 e. The molecule has 2 rings (SSSR count). The summed E-state index contributed by atoms with van der Waals surface area (Å²) in [5.74, 6) is 0. The molecule has 1 saturated heterocycles. The molecule has 0 saturated carbocycles. The minimum Gasteiger partial charge on any atom is -0.314 e. The van der Waals surface area contributed by atoms with Crippen molar-refractivity contribution in [2.24, 2.45) is 0 Å². The van der Waals surface area contributed by atoms with Gasteiger partial charge in [-0.25, -0.2) is 13.1 Å². The van der Waals surface area contributed by atoms with Crippen LogP contribution in [-0.2, 0) is 10.0 Å². The van der Waals surface area contributed by atoms with Crippen molar-refractivity contribution in [2.45, 2.75) is 25.3 Å². The molecule has 20 heavy (non-hydrogen) atoms. The summed E-state index contributed by atoms with van der Waals surface area (Å²) >= 11 is 5.77. The first-order valence-electron chi connectivity index (χ1n) is 6.72. The highest BCUT2D eigenvalue weighted by atomic mass is 35.5. The van der Waals surface area contributed by atoms with E-state index < -0.39 is 10.0 Å². The second-order valence-corrected chi connectivity index (χ2v) is 6.96. The van der Waals surface area contributed by atoms with Gasteiger partial charge < -0.3 is 5.32 Å². The average molecular weight is 315 g/mol. The Morgan fingerprint density at radius 3 is 2.75 bits per heavy atom. The quantitative estimate of drug-likeness (QED) is 0.847. The Bertz CT molecular complexity index is 549. The Balaban J connectivity index is 1.81. The third-order valence-corrected chi connectivity index (χ3v) is 4.62. The van der Waals surface area contributed by atoms with Gasteiger partial charge in [-0.15, -0.1) is 0 Å². The van der Waals surface area contributed by atoms with Crippen LogP contribution in [0.5, 0.6) is 0 Å². The Morgan fingerprint density at radius 1 is 1.35 bits per heavy atom. The zero-order valence-corrected chi connectivity index (χ0v) is 12.8. The van der Waals surface area contributed by atoms with Gasteiger partial charge in [-0.3, -0.25) is 0 Å². The van der Waals surface area contributed by atoms with Gasteiger partial charge in [0.05, 0.1) is 0 Å². The number of hydrogen-bond donors (Lipinski definition) is 2. The number of rotatable bonds is 6. The van der Waals surface area contributed by atoms with Crippen LogP contribution in [0.15, 0.2) is 29.7 Å². The van der Waals surface area contributed by atoms with Crippen LogP contribution >= 0.6 is 11.6 Å². The minimum atomic E-state index is -3.37. The lowest BCUT2D eigenvalue weighted by Crippen LogP contribution is -2.29. The van der Waals surface area contributed by atoms with Crippen LogP contribution in [0.3, 0.4) is 0 Å². The minimum absolute atomic E-state index is 0.443. The van der Waals surface area contributed by atoms with E-state index in [1.807, 2.05) is 0 Å². The Labute approximate surface area is 125 Å². The van der Waals surface area contributed by atoms with Crippen LogP contribution in [-0.4, -0.2) is 27.5 Å². The van der Waals surface area contributed by atoms with E-state index in [-0.39, 0.29) is 0 Å². The molecule has 1 heterocycles. The molecule has 2 N–H and O–H groups in total. The Kier molecular flexibility index (Phi) is 5.60. The fourth-order valence-electron chi connectivity index (χ4n) is 2.17. The van der Waals surface area contributed by atoms with E-state index in [4.69, 9.17) is 11.6 Å². The molecule has 1 fully saturated rings. The smallest absolute Gasteiger partial charge is 0.233 e. The average Bonchev–Trinajstić information content (AvgIpc) is 2.91. The molecule has 1 atom stereocenters. The van der Waals surface area contributed by atoms with E-state index >= 15 is 0 Å². The number of halogens is 1. The van der Waals surface area contributed by atoms with Crippen molar-refractivity contribution in [3.8, 4) is 0 Å². The van der Waals surface area contributed by atoms with Crippen molar-refractivity contribution in [1.82, 2.24) is 10.0 Å². The second kappa shape index (κ2) is 7.22. The van der Waals surface area contributed by atoms with Crippen molar-refractivity contribution in [1.29, 1.82) is 0 Å². The van der Waals surface area contributed by atoms with Crippen LogP contribution in [0.25, 0.3) is 6.08 Å². The molecule has 0 aliphatic carbocycles. The zero-order chi connectivity index (χ0) is 14.4.